The minimum absolute atomic E-state index is 0.269. The number of nitrogens with zero attached hydrogens (tertiary/aromatic N) is 2. The molecule has 1 unspecified atom stereocenters. The molecule has 0 aliphatic carbocycles. The second-order valence-electron chi connectivity index (χ2n) is 3.24. The van der Waals surface area contributed by atoms with Gasteiger partial charge in [0.1, 0.15) is 0 Å². The first-order valence-corrected chi connectivity index (χ1v) is 4.53. The van der Waals surface area contributed by atoms with Crippen molar-refractivity contribution < 1.29 is 5.21 Å². The van der Waals surface area contributed by atoms with Gasteiger partial charge in [0.25, 0.3) is 0 Å². The van der Waals surface area contributed by atoms with E-state index in [0.717, 1.165) is 25.8 Å². The summed E-state index contributed by atoms with van der Waals surface area (Å²) >= 11 is 0. The second kappa shape index (κ2) is 4.18. The van der Waals surface area contributed by atoms with Gasteiger partial charge < -0.3 is 15.8 Å². The highest BCUT2D eigenvalue weighted by molar-refractivity contribution is 5.77. The fourth-order valence-electron chi connectivity index (χ4n) is 1.83. The van der Waals surface area contributed by atoms with E-state index in [1.54, 1.807) is 0 Å². The molecule has 0 aromatic heterocycles. The monoisotopic (exact) mass is 171 g/mol. The van der Waals surface area contributed by atoms with E-state index in [-0.39, 0.29) is 5.96 Å². The number of rotatable bonds is 2. The topological polar surface area (TPSA) is 61.8 Å². The minimum Gasteiger partial charge on any atom is -0.408 e. The van der Waals surface area contributed by atoms with Crippen molar-refractivity contribution in [2.45, 2.75) is 38.6 Å². The van der Waals surface area contributed by atoms with E-state index in [1.807, 2.05) is 4.90 Å². The molecule has 0 aromatic carbocycles. The molecule has 0 bridgehead atoms. The van der Waals surface area contributed by atoms with Crippen molar-refractivity contribution in [2.24, 2.45) is 10.9 Å². The molecule has 1 aliphatic heterocycles. The highest BCUT2D eigenvalue weighted by atomic mass is 16.4. The normalized spacial score (nSPS) is 24.9. The Kier molecular flexibility index (Phi) is 3.19. The predicted molar refractivity (Wildman–Crippen MR) is 48.0 cm³/mol. The standard InChI is InChI=1S/C8H17N3O/c1-2-4-7-5-3-6-11(7)8(9)10-12/h7,12H,2-6H2,1H3,(H2,9,10). The van der Waals surface area contributed by atoms with E-state index in [2.05, 4.69) is 12.1 Å². The summed E-state index contributed by atoms with van der Waals surface area (Å²) in [6.07, 6.45) is 4.61. The number of likely N-dealkylation sites (tertiary alicyclic amines) is 1. The molecular weight excluding hydrogens is 154 g/mol. The fourth-order valence-corrected chi connectivity index (χ4v) is 1.83. The molecule has 0 aromatic rings. The van der Waals surface area contributed by atoms with Crippen molar-refractivity contribution in [3.05, 3.63) is 0 Å². The smallest absolute Gasteiger partial charge is 0.233 e. The molecule has 0 saturated carbocycles. The van der Waals surface area contributed by atoms with Crippen LogP contribution in [0.3, 0.4) is 0 Å². The van der Waals surface area contributed by atoms with Gasteiger partial charge in [-0.05, 0) is 19.3 Å². The average Bonchev–Trinajstić information content (AvgIpc) is 2.52. The third-order valence-corrected chi connectivity index (χ3v) is 2.40. The van der Waals surface area contributed by atoms with Crippen LogP contribution in [0.2, 0.25) is 0 Å². The lowest BCUT2D eigenvalue weighted by molar-refractivity contribution is 0.288. The molecule has 12 heavy (non-hydrogen) atoms. The Hall–Kier alpha value is -0.930. The molecule has 1 rings (SSSR count). The number of nitrogens with two attached hydrogens (primary N) is 1. The molecule has 70 valence electrons. The maximum atomic E-state index is 8.50. The molecule has 1 atom stereocenters. The summed E-state index contributed by atoms with van der Waals surface area (Å²) in [5.41, 5.74) is 5.52. The van der Waals surface area contributed by atoms with Crippen molar-refractivity contribution in [1.29, 1.82) is 0 Å². The molecule has 1 fully saturated rings. The molecule has 1 heterocycles. The zero-order chi connectivity index (χ0) is 8.97. The van der Waals surface area contributed by atoms with E-state index in [4.69, 9.17) is 10.9 Å². The van der Waals surface area contributed by atoms with Crippen LogP contribution in [-0.4, -0.2) is 28.7 Å². The number of oxime groups is 1. The molecule has 4 nitrogen and oxygen atoms in total. The highest BCUT2D eigenvalue weighted by Crippen LogP contribution is 2.20. The van der Waals surface area contributed by atoms with Gasteiger partial charge in [-0.3, -0.25) is 0 Å². The van der Waals surface area contributed by atoms with Gasteiger partial charge in [-0.2, -0.15) is 0 Å². The van der Waals surface area contributed by atoms with Gasteiger partial charge in [-0.1, -0.05) is 18.5 Å². The first-order chi connectivity index (χ1) is 5.79. The zero-order valence-corrected chi connectivity index (χ0v) is 7.53. The van der Waals surface area contributed by atoms with Crippen LogP contribution in [0.15, 0.2) is 5.16 Å². The Morgan fingerprint density at radius 1 is 1.75 bits per heavy atom. The summed E-state index contributed by atoms with van der Waals surface area (Å²) < 4.78 is 0. The van der Waals surface area contributed by atoms with Crippen LogP contribution in [0.1, 0.15) is 32.6 Å². The van der Waals surface area contributed by atoms with E-state index >= 15 is 0 Å². The maximum Gasteiger partial charge on any atom is 0.233 e. The van der Waals surface area contributed by atoms with Crippen LogP contribution in [0.4, 0.5) is 0 Å². The van der Waals surface area contributed by atoms with Gasteiger partial charge in [0, 0.05) is 12.6 Å². The summed E-state index contributed by atoms with van der Waals surface area (Å²) in [6.45, 7) is 3.09. The average molecular weight is 171 g/mol. The first kappa shape index (κ1) is 9.16. The number of guanidine groups is 1. The Labute approximate surface area is 73.0 Å². The first-order valence-electron chi connectivity index (χ1n) is 4.53. The second-order valence-corrected chi connectivity index (χ2v) is 3.24. The highest BCUT2D eigenvalue weighted by Gasteiger charge is 2.25. The van der Waals surface area contributed by atoms with Gasteiger partial charge in [0.2, 0.25) is 5.96 Å². The lowest BCUT2D eigenvalue weighted by Crippen LogP contribution is -2.40. The Morgan fingerprint density at radius 3 is 3.08 bits per heavy atom. The SMILES string of the molecule is CCCC1CCCN1/C(N)=N/O. The largest absolute Gasteiger partial charge is 0.408 e. The van der Waals surface area contributed by atoms with Crippen molar-refractivity contribution in [1.82, 2.24) is 4.90 Å². The third kappa shape index (κ3) is 1.81. The molecule has 3 N–H and O–H groups in total. The lowest BCUT2D eigenvalue weighted by atomic mass is 10.1. The van der Waals surface area contributed by atoms with Crippen LogP contribution in [-0.2, 0) is 0 Å². The van der Waals surface area contributed by atoms with E-state index in [9.17, 15) is 0 Å². The van der Waals surface area contributed by atoms with Gasteiger partial charge in [-0.15, -0.1) is 0 Å². The number of hydrogen-bond donors (Lipinski definition) is 2. The van der Waals surface area contributed by atoms with Crippen LogP contribution in [0.25, 0.3) is 0 Å². The lowest BCUT2D eigenvalue weighted by Gasteiger charge is -2.23. The maximum absolute atomic E-state index is 8.50. The van der Waals surface area contributed by atoms with Gasteiger partial charge in [0.15, 0.2) is 0 Å². The summed E-state index contributed by atoms with van der Waals surface area (Å²) in [5, 5.41) is 11.5. The van der Waals surface area contributed by atoms with Crippen molar-refractivity contribution in [3.63, 3.8) is 0 Å². The van der Waals surface area contributed by atoms with Crippen LogP contribution in [0.5, 0.6) is 0 Å². The summed E-state index contributed by atoms with van der Waals surface area (Å²) in [5.74, 6) is 0.269. The summed E-state index contributed by atoms with van der Waals surface area (Å²) in [4.78, 5) is 1.99. The van der Waals surface area contributed by atoms with E-state index < -0.39 is 0 Å². The molecule has 4 heteroatoms. The predicted octanol–water partition coefficient (Wildman–Crippen LogP) is 0.955. The van der Waals surface area contributed by atoms with Gasteiger partial charge in [-0.25, -0.2) is 0 Å². The quantitative estimate of drug-likeness (QED) is 0.281. The molecule has 0 radical (unpaired) electrons. The molecule has 1 saturated heterocycles. The van der Waals surface area contributed by atoms with Crippen molar-refractivity contribution in [2.75, 3.05) is 6.54 Å². The summed E-state index contributed by atoms with van der Waals surface area (Å²) in [6, 6.07) is 0.492. The zero-order valence-electron chi connectivity index (χ0n) is 7.53. The molecular formula is C8H17N3O. The van der Waals surface area contributed by atoms with Crippen molar-refractivity contribution >= 4 is 5.96 Å². The van der Waals surface area contributed by atoms with Crippen LogP contribution < -0.4 is 5.73 Å². The summed E-state index contributed by atoms with van der Waals surface area (Å²) in [7, 11) is 0. The Balaban J connectivity index is 2.51. The Morgan fingerprint density at radius 2 is 2.50 bits per heavy atom. The van der Waals surface area contributed by atoms with Crippen molar-refractivity contribution in [3.8, 4) is 0 Å². The third-order valence-electron chi connectivity index (χ3n) is 2.40. The molecule has 1 aliphatic rings. The molecule has 0 spiro atoms. The Bertz CT molecular complexity index is 170. The van der Waals surface area contributed by atoms with Crippen LogP contribution >= 0.6 is 0 Å². The van der Waals surface area contributed by atoms with E-state index in [0.29, 0.717) is 6.04 Å². The van der Waals surface area contributed by atoms with Gasteiger partial charge in [0.05, 0.1) is 0 Å². The van der Waals surface area contributed by atoms with E-state index in [1.165, 1.54) is 6.42 Å². The molecule has 0 amide bonds. The number of hydrogen-bond acceptors (Lipinski definition) is 2. The van der Waals surface area contributed by atoms with Gasteiger partial charge >= 0.3 is 0 Å². The minimum atomic E-state index is 0.269. The van der Waals surface area contributed by atoms with Crippen LogP contribution in [0, 0.1) is 0 Å². The fraction of sp³-hybridized carbons (Fsp3) is 0.875.